The largest absolute Gasteiger partial charge is 0.756 e. The zero-order valence-electron chi connectivity index (χ0n) is 41.3. The first kappa shape index (κ1) is 60.5. The number of aliphatic hydroxyl groups excluding tert-OH is 1. The normalized spacial score (nSPS) is 14.5. The van der Waals surface area contributed by atoms with Gasteiger partial charge in [-0.1, -0.05) is 217 Å². The minimum absolute atomic E-state index is 0.00206. The molecule has 0 heterocycles. The molecule has 0 bridgehead atoms. The molecular weight excluding hydrogens is 792 g/mol. The molecule has 0 aromatic rings. The van der Waals surface area contributed by atoms with Gasteiger partial charge < -0.3 is 28.8 Å². The second-order valence-electron chi connectivity index (χ2n) is 18.9. The molecule has 0 aliphatic heterocycles. The SMILES string of the molecule is CCCCCCC/C=C\C/C=C\C/C=C\CCCCCCCCCCCCCCC(=O)NC(COP(=O)([O-])OCC[N+](C)(C)C)C(O)/C=C/CCCCCCCCCCCCC. The summed E-state index contributed by atoms with van der Waals surface area (Å²) in [4.78, 5) is 25.4. The summed E-state index contributed by atoms with van der Waals surface area (Å²) < 4.78 is 23.3. The quantitative estimate of drug-likeness (QED) is 0.0273. The molecule has 0 radical (unpaired) electrons. The van der Waals surface area contributed by atoms with Crippen LogP contribution in [0.1, 0.15) is 232 Å². The van der Waals surface area contributed by atoms with Gasteiger partial charge >= 0.3 is 0 Å². The number of nitrogens with zero attached hydrogens (tertiary/aromatic N) is 1. The average molecular weight is 893 g/mol. The third kappa shape index (κ3) is 46.5. The van der Waals surface area contributed by atoms with Crippen LogP contribution in [-0.4, -0.2) is 68.5 Å². The number of likely N-dealkylation sites (N-methyl/N-ethyl adjacent to an activating group) is 1. The lowest BCUT2D eigenvalue weighted by atomic mass is 10.0. The van der Waals surface area contributed by atoms with Crippen molar-refractivity contribution in [3.63, 3.8) is 0 Å². The van der Waals surface area contributed by atoms with Crippen LogP contribution in [0.3, 0.4) is 0 Å². The third-order valence-corrected chi connectivity index (χ3v) is 12.5. The Hall–Kier alpha value is -1.54. The van der Waals surface area contributed by atoms with Crippen LogP contribution in [0.4, 0.5) is 0 Å². The minimum atomic E-state index is -4.59. The summed E-state index contributed by atoms with van der Waals surface area (Å²) in [5.41, 5.74) is 0. The highest BCUT2D eigenvalue weighted by atomic mass is 31.2. The summed E-state index contributed by atoms with van der Waals surface area (Å²) in [7, 11) is 1.26. The lowest BCUT2D eigenvalue weighted by Crippen LogP contribution is -2.45. The van der Waals surface area contributed by atoms with Gasteiger partial charge in [0, 0.05) is 6.42 Å². The maximum Gasteiger partial charge on any atom is 0.268 e. The van der Waals surface area contributed by atoms with Gasteiger partial charge in [0.05, 0.1) is 39.9 Å². The van der Waals surface area contributed by atoms with Crippen LogP contribution in [0.2, 0.25) is 0 Å². The summed E-state index contributed by atoms with van der Waals surface area (Å²) in [6.07, 6.45) is 57.4. The van der Waals surface area contributed by atoms with E-state index in [4.69, 9.17) is 9.05 Å². The molecule has 8 nitrogen and oxygen atoms in total. The topological polar surface area (TPSA) is 108 Å². The minimum Gasteiger partial charge on any atom is -0.756 e. The molecule has 0 fully saturated rings. The molecule has 0 saturated carbocycles. The van der Waals surface area contributed by atoms with Gasteiger partial charge in [0.15, 0.2) is 0 Å². The predicted octanol–water partition coefficient (Wildman–Crippen LogP) is 14.6. The third-order valence-electron chi connectivity index (χ3n) is 11.5. The summed E-state index contributed by atoms with van der Waals surface area (Å²) in [5, 5.41) is 13.8. The van der Waals surface area contributed by atoms with Crippen molar-refractivity contribution in [1.29, 1.82) is 0 Å². The molecule has 2 N–H and O–H groups in total. The lowest BCUT2D eigenvalue weighted by Gasteiger charge is -2.29. The number of allylic oxidation sites excluding steroid dienone is 7. The van der Waals surface area contributed by atoms with Crippen LogP contribution in [0.5, 0.6) is 0 Å². The maximum absolute atomic E-state index is 12.9. The molecule has 0 aliphatic carbocycles. The molecule has 3 atom stereocenters. The monoisotopic (exact) mass is 893 g/mol. The lowest BCUT2D eigenvalue weighted by molar-refractivity contribution is -0.870. The Morgan fingerprint density at radius 1 is 0.565 bits per heavy atom. The highest BCUT2D eigenvalue weighted by Crippen LogP contribution is 2.38. The summed E-state index contributed by atoms with van der Waals surface area (Å²) in [5.74, 6) is -0.200. The Morgan fingerprint density at radius 2 is 0.935 bits per heavy atom. The number of unbranched alkanes of at least 4 members (excludes halogenated alkanes) is 28. The second kappa shape index (κ2) is 44.7. The fraction of sp³-hybridized carbons (Fsp3) is 0.830. The number of aliphatic hydroxyl groups is 1. The number of hydrogen-bond donors (Lipinski definition) is 2. The Balaban J connectivity index is 4.19. The van der Waals surface area contributed by atoms with E-state index in [0.717, 1.165) is 51.4 Å². The van der Waals surface area contributed by atoms with Crippen LogP contribution in [0.25, 0.3) is 0 Å². The van der Waals surface area contributed by atoms with E-state index in [9.17, 15) is 19.4 Å². The molecule has 9 heteroatoms. The number of carbonyl (C=O) groups excluding carboxylic acids is 1. The first-order valence-corrected chi connectivity index (χ1v) is 27.5. The Morgan fingerprint density at radius 3 is 1.35 bits per heavy atom. The van der Waals surface area contributed by atoms with Crippen molar-refractivity contribution in [2.45, 2.75) is 244 Å². The van der Waals surface area contributed by atoms with E-state index < -0.39 is 20.0 Å². The van der Waals surface area contributed by atoms with Crippen molar-refractivity contribution in [2.24, 2.45) is 0 Å². The van der Waals surface area contributed by atoms with Gasteiger partial charge in [0.25, 0.3) is 7.82 Å². The van der Waals surface area contributed by atoms with Crippen LogP contribution < -0.4 is 10.2 Å². The molecule has 0 rings (SSSR count). The van der Waals surface area contributed by atoms with Crippen molar-refractivity contribution in [3.8, 4) is 0 Å². The van der Waals surface area contributed by atoms with E-state index in [-0.39, 0.29) is 19.1 Å². The Kier molecular flexibility index (Phi) is 43.5. The molecule has 1 amide bonds. The van der Waals surface area contributed by atoms with Gasteiger partial charge in [-0.3, -0.25) is 9.36 Å². The zero-order chi connectivity index (χ0) is 45.7. The van der Waals surface area contributed by atoms with E-state index >= 15 is 0 Å². The molecule has 0 aromatic carbocycles. The number of phosphoric acid groups is 1. The average Bonchev–Trinajstić information content (AvgIpc) is 3.23. The molecule has 62 heavy (non-hydrogen) atoms. The standard InChI is InChI=1S/C53H101N2O6P/c1-6-8-10-12-14-16-18-20-21-22-23-24-25-26-27-28-29-30-31-32-33-35-37-39-41-43-45-47-53(57)54-51(50-61-62(58,59)60-49-48-55(3,4)5)52(56)46-44-42-40-38-36-34-19-17-15-13-11-9-7-2/h18,20,22-23,25-26,44,46,51-52,56H,6-17,19,21,24,27-43,45,47-50H2,1-5H3,(H-,54,57,58,59)/b20-18-,23-22-,26-25-,46-44+. The second-order valence-corrected chi connectivity index (χ2v) is 20.3. The summed E-state index contributed by atoms with van der Waals surface area (Å²) in [6, 6.07) is -0.887. The van der Waals surface area contributed by atoms with E-state index in [0.29, 0.717) is 17.4 Å². The molecule has 364 valence electrons. The van der Waals surface area contributed by atoms with E-state index in [1.54, 1.807) is 6.08 Å². The number of quaternary nitrogens is 1. The van der Waals surface area contributed by atoms with Gasteiger partial charge in [0.1, 0.15) is 13.2 Å². The Bertz CT molecular complexity index is 1150. The van der Waals surface area contributed by atoms with Gasteiger partial charge in [-0.05, 0) is 57.8 Å². The fourth-order valence-corrected chi connectivity index (χ4v) is 8.12. The number of amides is 1. The van der Waals surface area contributed by atoms with Crippen LogP contribution in [-0.2, 0) is 18.4 Å². The number of rotatable bonds is 47. The van der Waals surface area contributed by atoms with Gasteiger partial charge in [-0.2, -0.15) is 0 Å². The van der Waals surface area contributed by atoms with E-state index in [2.05, 4.69) is 55.6 Å². The van der Waals surface area contributed by atoms with Crippen LogP contribution in [0.15, 0.2) is 48.6 Å². The molecule has 0 aromatic heterocycles. The maximum atomic E-state index is 12.9. The van der Waals surface area contributed by atoms with Gasteiger partial charge in [-0.25, -0.2) is 0 Å². The first-order valence-electron chi connectivity index (χ1n) is 26.0. The van der Waals surface area contributed by atoms with Crippen molar-refractivity contribution in [1.82, 2.24) is 5.32 Å². The Labute approximate surface area is 384 Å². The zero-order valence-corrected chi connectivity index (χ0v) is 42.2. The molecule has 0 saturated heterocycles. The van der Waals surface area contributed by atoms with Crippen molar-refractivity contribution < 1.29 is 32.9 Å². The molecule has 0 spiro atoms. The number of carbonyl (C=O) groups is 1. The van der Waals surface area contributed by atoms with Crippen LogP contribution >= 0.6 is 7.82 Å². The van der Waals surface area contributed by atoms with Gasteiger partial charge in [0.2, 0.25) is 5.91 Å². The van der Waals surface area contributed by atoms with Gasteiger partial charge in [-0.15, -0.1) is 0 Å². The van der Waals surface area contributed by atoms with Crippen molar-refractivity contribution >= 4 is 13.7 Å². The summed E-state index contributed by atoms with van der Waals surface area (Å²) in [6.45, 7) is 4.63. The highest BCUT2D eigenvalue weighted by molar-refractivity contribution is 7.45. The fourth-order valence-electron chi connectivity index (χ4n) is 7.40. The number of hydrogen-bond acceptors (Lipinski definition) is 6. The van der Waals surface area contributed by atoms with Crippen LogP contribution in [0, 0.1) is 0 Å². The smallest absolute Gasteiger partial charge is 0.268 e. The number of phosphoric ester groups is 1. The predicted molar refractivity (Wildman–Crippen MR) is 265 cm³/mol. The van der Waals surface area contributed by atoms with E-state index in [1.807, 2.05) is 27.2 Å². The number of nitrogens with one attached hydrogen (secondary N) is 1. The van der Waals surface area contributed by atoms with E-state index in [1.165, 1.54) is 161 Å². The van der Waals surface area contributed by atoms with Crippen molar-refractivity contribution in [3.05, 3.63) is 48.6 Å². The molecule has 0 aliphatic rings. The summed E-state index contributed by atoms with van der Waals surface area (Å²) >= 11 is 0. The van der Waals surface area contributed by atoms with Crippen molar-refractivity contribution in [2.75, 3.05) is 40.9 Å². The highest BCUT2D eigenvalue weighted by Gasteiger charge is 2.23. The molecular formula is C53H101N2O6P. The first-order chi connectivity index (χ1) is 30.0. The molecule has 3 unspecified atom stereocenters.